The number of aryl methyl sites for hydroxylation is 1. The maximum atomic E-state index is 13.9. The van der Waals surface area contributed by atoms with Crippen molar-refractivity contribution in [1.82, 2.24) is 0 Å². The van der Waals surface area contributed by atoms with Crippen LogP contribution in [0.1, 0.15) is 15.9 Å². The average molecular weight is 596 g/mol. The molecule has 0 atom stereocenters. The minimum Gasteiger partial charge on any atom is -0.497 e. The number of nitrogens with one attached hydrogen (secondary N) is 2. The third kappa shape index (κ3) is 6.34. The molecule has 218 valence electrons. The Labute approximate surface area is 253 Å². The number of ether oxygens (including phenoxy) is 3. The van der Waals surface area contributed by atoms with E-state index in [4.69, 9.17) is 14.2 Å². The van der Waals surface area contributed by atoms with E-state index in [0.717, 1.165) is 22.2 Å². The number of nitrogens with zero attached hydrogens (tertiary/aromatic N) is 1. The number of hydrogen-bond donors (Lipinski definition) is 2. The van der Waals surface area contributed by atoms with Crippen molar-refractivity contribution < 1.29 is 28.6 Å². The van der Waals surface area contributed by atoms with Crippen molar-refractivity contribution in [3.8, 4) is 17.2 Å². The van der Waals surface area contributed by atoms with Crippen LogP contribution in [-0.4, -0.2) is 39.1 Å². The van der Waals surface area contributed by atoms with Gasteiger partial charge in [-0.05, 0) is 73.7 Å². The number of carbonyl (C=O) groups excluding carboxylic acids is 3. The third-order valence-corrected chi connectivity index (χ3v) is 7.73. The third-order valence-electron chi connectivity index (χ3n) is 6.65. The highest BCUT2D eigenvalue weighted by atomic mass is 32.2. The molecule has 1 heterocycles. The van der Waals surface area contributed by atoms with Gasteiger partial charge in [-0.2, -0.15) is 0 Å². The number of benzene rings is 4. The van der Waals surface area contributed by atoms with Crippen LogP contribution in [0.5, 0.6) is 17.2 Å². The van der Waals surface area contributed by atoms with E-state index in [0.29, 0.717) is 39.1 Å². The Hall–Kier alpha value is -5.22. The molecule has 0 saturated carbocycles. The second kappa shape index (κ2) is 12.7. The fourth-order valence-electron chi connectivity index (χ4n) is 4.39. The highest BCUT2D eigenvalue weighted by Crippen LogP contribution is 2.42. The maximum absolute atomic E-state index is 13.9. The van der Waals surface area contributed by atoms with E-state index in [1.54, 1.807) is 73.8 Å². The molecule has 1 aliphatic rings. The molecule has 0 unspecified atom stereocenters. The molecule has 9 nitrogen and oxygen atoms in total. The first-order valence-electron chi connectivity index (χ1n) is 13.2. The molecule has 0 aliphatic carbocycles. The van der Waals surface area contributed by atoms with Gasteiger partial charge in [-0.15, -0.1) is 0 Å². The number of rotatable bonds is 10. The van der Waals surface area contributed by atoms with Gasteiger partial charge in [-0.3, -0.25) is 14.4 Å². The fraction of sp³-hybridized carbons (Fsp3) is 0.121. The second-order valence-electron chi connectivity index (χ2n) is 9.49. The van der Waals surface area contributed by atoms with Crippen LogP contribution in [-0.2, 0) is 9.59 Å². The van der Waals surface area contributed by atoms with Gasteiger partial charge in [-0.1, -0.05) is 35.5 Å². The van der Waals surface area contributed by atoms with Crippen LogP contribution in [0.15, 0.2) is 106 Å². The van der Waals surface area contributed by atoms with Crippen molar-refractivity contribution in [3.05, 3.63) is 113 Å². The minimum absolute atomic E-state index is 0.129. The molecule has 2 N–H and O–H groups in total. The summed E-state index contributed by atoms with van der Waals surface area (Å²) in [5.41, 5.74) is 3.13. The number of methoxy groups -OCH3 is 3. The summed E-state index contributed by atoms with van der Waals surface area (Å²) in [7, 11) is 4.54. The summed E-state index contributed by atoms with van der Waals surface area (Å²) < 4.78 is 15.9. The number of anilines is 3. The molecule has 0 spiro atoms. The normalized spacial score (nSPS) is 12.8. The van der Waals surface area contributed by atoms with E-state index < -0.39 is 11.8 Å². The summed E-state index contributed by atoms with van der Waals surface area (Å²) in [6, 6.07) is 26.2. The quantitative estimate of drug-likeness (QED) is 0.207. The van der Waals surface area contributed by atoms with E-state index in [2.05, 4.69) is 10.6 Å². The van der Waals surface area contributed by atoms with Crippen molar-refractivity contribution in [2.45, 2.75) is 11.8 Å². The molecule has 1 aliphatic heterocycles. The van der Waals surface area contributed by atoms with Crippen LogP contribution in [0.4, 0.5) is 17.1 Å². The number of amides is 3. The zero-order valence-electron chi connectivity index (χ0n) is 24.0. The molecule has 5 rings (SSSR count). The smallest absolute Gasteiger partial charge is 0.283 e. The molecule has 0 aromatic heterocycles. The first kappa shape index (κ1) is 29.3. The molecule has 43 heavy (non-hydrogen) atoms. The fourth-order valence-corrected chi connectivity index (χ4v) is 5.37. The monoisotopic (exact) mass is 595 g/mol. The Morgan fingerprint density at radius 1 is 0.744 bits per heavy atom. The van der Waals surface area contributed by atoms with Crippen LogP contribution < -0.4 is 29.7 Å². The van der Waals surface area contributed by atoms with Crippen LogP contribution in [0, 0.1) is 6.92 Å². The molecular formula is C33H29N3O6S. The molecule has 0 radical (unpaired) electrons. The summed E-state index contributed by atoms with van der Waals surface area (Å²) in [5, 5.41) is 6.04. The first-order valence-corrected chi connectivity index (χ1v) is 14.0. The van der Waals surface area contributed by atoms with Crippen LogP contribution in [0.25, 0.3) is 0 Å². The van der Waals surface area contributed by atoms with Crippen LogP contribution >= 0.6 is 11.8 Å². The van der Waals surface area contributed by atoms with Gasteiger partial charge < -0.3 is 24.8 Å². The second-order valence-corrected chi connectivity index (χ2v) is 10.6. The van der Waals surface area contributed by atoms with Gasteiger partial charge in [0.1, 0.15) is 27.9 Å². The highest BCUT2D eigenvalue weighted by Gasteiger charge is 2.41. The van der Waals surface area contributed by atoms with Gasteiger partial charge in [0, 0.05) is 27.9 Å². The Morgan fingerprint density at radius 3 is 2.12 bits per heavy atom. The van der Waals surface area contributed by atoms with Crippen molar-refractivity contribution in [2.24, 2.45) is 0 Å². The van der Waals surface area contributed by atoms with Crippen molar-refractivity contribution in [3.63, 3.8) is 0 Å². The Morgan fingerprint density at radius 2 is 1.44 bits per heavy atom. The van der Waals surface area contributed by atoms with Crippen LogP contribution in [0.3, 0.4) is 0 Å². The summed E-state index contributed by atoms with van der Waals surface area (Å²) >= 11 is 1.13. The highest BCUT2D eigenvalue weighted by molar-refractivity contribution is 8.04. The lowest BCUT2D eigenvalue weighted by Gasteiger charge is -2.19. The zero-order valence-corrected chi connectivity index (χ0v) is 24.8. The number of imide groups is 1. The average Bonchev–Trinajstić information content (AvgIpc) is 3.25. The minimum atomic E-state index is -0.527. The molecule has 10 heteroatoms. The molecule has 0 bridgehead atoms. The van der Waals surface area contributed by atoms with Gasteiger partial charge in [0.2, 0.25) is 0 Å². The number of hydrogen-bond acceptors (Lipinski definition) is 8. The molecule has 0 fully saturated rings. The zero-order chi connectivity index (χ0) is 30.5. The largest absolute Gasteiger partial charge is 0.497 e. The maximum Gasteiger partial charge on any atom is 0.283 e. The predicted octanol–water partition coefficient (Wildman–Crippen LogP) is 6.26. The van der Waals surface area contributed by atoms with Crippen molar-refractivity contribution in [1.29, 1.82) is 0 Å². The lowest BCUT2D eigenvalue weighted by molar-refractivity contribution is -0.120. The molecule has 0 saturated heterocycles. The van der Waals surface area contributed by atoms with Gasteiger partial charge in [0.05, 0.1) is 27.0 Å². The summed E-state index contributed by atoms with van der Waals surface area (Å²) in [6.45, 7) is 1.96. The number of thioether (sulfide) groups is 1. The van der Waals surface area contributed by atoms with Gasteiger partial charge in [0.25, 0.3) is 17.7 Å². The topological polar surface area (TPSA) is 106 Å². The van der Waals surface area contributed by atoms with Crippen molar-refractivity contribution >= 4 is 46.5 Å². The molecule has 3 amide bonds. The predicted molar refractivity (Wildman–Crippen MR) is 167 cm³/mol. The van der Waals surface area contributed by atoms with E-state index in [9.17, 15) is 14.4 Å². The van der Waals surface area contributed by atoms with Crippen molar-refractivity contribution in [2.75, 3.05) is 36.9 Å². The molecular weight excluding hydrogens is 566 g/mol. The molecule has 4 aromatic carbocycles. The summed E-state index contributed by atoms with van der Waals surface area (Å²) in [5.74, 6) is 0.145. The Balaban J connectivity index is 1.46. The Bertz CT molecular complexity index is 1720. The SMILES string of the molecule is COc1ccc(C(=O)Nc2cccc(SC3=C(Nc4ccc(C)cc4)C(=O)N(c4ccc(OC)cc4OC)C3=O)c2)cc1. The van der Waals surface area contributed by atoms with Gasteiger partial charge in [0.15, 0.2) is 0 Å². The van der Waals surface area contributed by atoms with Gasteiger partial charge in [-0.25, -0.2) is 4.90 Å². The van der Waals surface area contributed by atoms with E-state index in [1.807, 2.05) is 31.2 Å². The summed E-state index contributed by atoms with van der Waals surface area (Å²) in [4.78, 5) is 42.5. The van der Waals surface area contributed by atoms with Gasteiger partial charge >= 0.3 is 0 Å². The Kier molecular flexibility index (Phi) is 8.68. The lowest BCUT2D eigenvalue weighted by atomic mass is 10.2. The van der Waals surface area contributed by atoms with Crippen LogP contribution in [0.2, 0.25) is 0 Å². The molecule has 4 aromatic rings. The standard InChI is InChI=1S/C33H29N3O6S/c1-20-8-12-22(13-9-20)34-29-30(33(39)36(32(29)38)27-17-16-25(41-3)19-28(27)42-4)43-26-7-5-6-23(18-26)35-31(37)21-10-14-24(40-2)15-11-21/h5-19,34H,1-4H3,(H,35,37). The first-order chi connectivity index (χ1) is 20.8. The van der Waals surface area contributed by atoms with E-state index in [-0.39, 0.29) is 22.2 Å². The number of carbonyl (C=O) groups is 3. The lowest BCUT2D eigenvalue weighted by Crippen LogP contribution is -2.32. The van der Waals surface area contributed by atoms with E-state index in [1.165, 1.54) is 14.2 Å². The van der Waals surface area contributed by atoms with E-state index >= 15 is 0 Å². The summed E-state index contributed by atoms with van der Waals surface area (Å²) in [6.07, 6.45) is 0.